The molecule has 0 saturated heterocycles. The number of ketones is 1. The van der Waals surface area contributed by atoms with Crippen LogP contribution in [0.5, 0.6) is 0 Å². The summed E-state index contributed by atoms with van der Waals surface area (Å²) in [5.74, 6) is 0.114. The summed E-state index contributed by atoms with van der Waals surface area (Å²) in [6.45, 7) is 0. The Morgan fingerprint density at radius 1 is 1.31 bits per heavy atom. The van der Waals surface area contributed by atoms with Gasteiger partial charge in [-0.25, -0.2) is 0 Å². The Labute approximate surface area is 92.2 Å². The number of pyridine rings is 1. The largest absolute Gasteiger partial charge is 0.394 e. The Kier molecular flexibility index (Phi) is 3.88. The predicted molar refractivity (Wildman–Crippen MR) is 56.4 cm³/mol. The van der Waals surface area contributed by atoms with E-state index in [-0.39, 0.29) is 5.78 Å². The topological polar surface area (TPSA) is 105 Å². The van der Waals surface area contributed by atoms with Gasteiger partial charge in [-0.1, -0.05) is 18.2 Å². The van der Waals surface area contributed by atoms with E-state index in [1.54, 1.807) is 6.20 Å². The highest BCUT2D eigenvalue weighted by Gasteiger charge is 2.12. The molecule has 2 N–H and O–H groups in total. The van der Waals surface area contributed by atoms with E-state index >= 15 is 0 Å². The zero-order valence-corrected chi connectivity index (χ0v) is 8.88. The Morgan fingerprint density at radius 2 is 1.94 bits per heavy atom. The minimum Gasteiger partial charge on any atom is -0.292 e. The minimum atomic E-state index is -4.67. The van der Waals surface area contributed by atoms with Crippen LogP contribution in [0.3, 0.4) is 0 Å². The first kappa shape index (κ1) is 12.5. The van der Waals surface area contributed by atoms with Gasteiger partial charge in [0, 0.05) is 18.2 Å². The Hall–Kier alpha value is -1.57. The Balaban J connectivity index is 0.000000221. The Morgan fingerprint density at radius 3 is 2.50 bits per heavy atom. The van der Waals surface area contributed by atoms with E-state index in [2.05, 4.69) is 4.98 Å². The van der Waals surface area contributed by atoms with Gasteiger partial charge in [0.15, 0.2) is 5.78 Å². The van der Waals surface area contributed by atoms with E-state index in [0.29, 0.717) is 12.1 Å². The second kappa shape index (κ2) is 4.97. The molecule has 0 saturated carbocycles. The summed E-state index contributed by atoms with van der Waals surface area (Å²) >= 11 is 0. The summed E-state index contributed by atoms with van der Waals surface area (Å²) in [4.78, 5) is 15.2. The quantitative estimate of drug-likeness (QED) is 0.659. The third-order valence-corrected chi connectivity index (χ3v) is 1.70. The number of fused-ring (bicyclic) bond motifs is 1. The molecule has 0 fully saturated rings. The van der Waals surface area contributed by atoms with Gasteiger partial charge in [-0.3, -0.25) is 18.9 Å². The van der Waals surface area contributed by atoms with Crippen LogP contribution in [-0.2, 0) is 10.4 Å². The van der Waals surface area contributed by atoms with Crippen molar-refractivity contribution >= 4 is 22.3 Å². The van der Waals surface area contributed by atoms with Crippen molar-refractivity contribution in [2.24, 2.45) is 0 Å². The number of carbonyl (C=O) groups is 1. The van der Waals surface area contributed by atoms with Crippen molar-refractivity contribution in [2.45, 2.75) is 6.42 Å². The fourth-order valence-electron chi connectivity index (χ4n) is 1.17. The number of carbonyl (C=O) groups excluding carboxylic acids is 1. The molecule has 0 aromatic carbocycles. The molecule has 0 bridgehead atoms. The van der Waals surface area contributed by atoms with Crippen LogP contribution in [0, 0.1) is 0 Å². The molecule has 7 heteroatoms. The fourth-order valence-corrected chi connectivity index (χ4v) is 1.17. The van der Waals surface area contributed by atoms with E-state index < -0.39 is 10.4 Å². The van der Waals surface area contributed by atoms with Crippen LogP contribution < -0.4 is 0 Å². The van der Waals surface area contributed by atoms with Crippen LogP contribution in [-0.4, -0.2) is 28.3 Å². The lowest BCUT2D eigenvalue weighted by atomic mass is 10.0. The van der Waals surface area contributed by atoms with E-state index in [4.69, 9.17) is 17.5 Å². The van der Waals surface area contributed by atoms with Crippen molar-refractivity contribution in [1.82, 2.24) is 4.98 Å². The molecule has 0 amide bonds. The molecule has 0 aliphatic heterocycles. The molecule has 2 rings (SSSR count). The molecule has 1 aliphatic carbocycles. The van der Waals surface area contributed by atoms with E-state index in [0.717, 1.165) is 5.56 Å². The van der Waals surface area contributed by atoms with Gasteiger partial charge in [0.2, 0.25) is 0 Å². The van der Waals surface area contributed by atoms with Crippen molar-refractivity contribution in [3.63, 3.8) is 0 Å². The average molecular weight is 243 g/mol. The number of hydrogen-bond acceptors (Lipinski definition) is 4. The van der Waals surface area contributed by atoms with Crippen LogP contribution in [0.15, 0.2) is 24.4 Å². The molecule has 0 radical (unpaired) electrons. The van der Waals surface area contributed by atoms with Crippen molar-refractivity contribution in [3.05, 3.63) is 35.7 Å². The van der Waals surface area contributed by atoms with Crippen LogP contribution in [0.25, 0.3) is 6.08 Å². The third-order valence-electron chi connectivity index (χ3n) is 1.70. The molecule has 6 nitrogen and oxygen atoms in total. The number of aromatic nitrogens is 1. The van der Waals surface area contributed by atoms with Crippen LogP contribution in [0.2, 0.25) is 0 Å². The van der Waals surface area contributed by atoms with Gasteiger partial charge >= 0.3 is 10.4 Å². The first-order valence-corrected chi connectivity index (χ1v) is 5.62. The zero-order valence-electron chi connectivity index (χ0n) is 8.07. The predicted octanol–water partition coefficient (Wildman–Crippen LogP) is 1.03. The first-order chi connectivity index (χ1) is 7.38. The average Bonchev–Trinajstić information content (AvgIpc) is 2.16. The summed E-state index contributed by atoms with van der Waals surface area (Å²) in [6, 6.07) is 3.73. The van der Waals surface area contributed by atoms with Gasteiger partial charge < -0.3 is 0 Å². The maximum Gasteiger partial charge on any atom is 0.394 e. The number of Topliss-reactive ketones (excluding diaryl/α,β-unsaturated/α-hetero) is 1. The second-order valence-electron chi connectivity index (χ2n) is 2.92. The number of nitrogens with zero attached hydrogens (tertiary/aromatic N) is 1. The van der Waals surface area contributed by atoms with Gasteiger partial charge in [0.25, 0.3) is 0 Å². The molecule has 1 aromatic rings. The van der Waals surface area contributed by atoms with Crippen molar-refractivity contribution in [1.29, 1.82) is 0 Å². The van der Waals surface area contributed by atoms with Gasteiger partial charge in [0.1, 0.15) is 5.69 Å². The monoisotopic (exact) mass is 243 g/mol. The lowest BCUT2D eigenvalue weighted by molar-refractivity contribution is 0.0989. The van der Waals surface area contributed by atoms with Crippen molar-refractivity contribution < 1.29 is 22.3 Å². The summed E-state index contributed by atoms with van der Waals surface area (Å²) in [5, 5.41) is 0. The zero-order chi connectivity index (χ0) is 12.2. The summed E-state index contributed by atoms with van der Waals surface area (Å²) in [5.41, 5.74) is 1.54. The number of hydrogen-bond donors (Lipinski definition) is 2. The molecule has 0 spiro atoms. The molecular formula is C9H9NO5S. The molecule has 16 heavy (non-hydrogen) atoms. The molecule has 0 unspecified atom stereocenters. The van der Waals surface area contributed by atoms with Gasteiger partial charge in [0.05, 0.1) is 0 Å². The van der Waals surface area contributed by atoms with E-state index in [1.807, 2.05) is 24.3 Å². The van der Waals surface area contributed by atoms with Crippen LogP contribution in [0.4, 0.5) is 0 Å². The highest BCUT2D eigenvalue weighted by molar-refractivity contribution is 7.79. The molecule has 1 aromatic heterocycles. The molecular weight excluding hydrogens is 234 g/mol. The second-order valence-corrected chi connectivity index (χ2v) is 3.81. The third kappa shape index (κ3) is 4.30. The van der Waals surface area contributed by atoms with Crippen LogP contribution in [0.1, 0.15) is 22.5 Å². The smallest absolute Gasteiger partial charge is 0.292 e. The maximum atomic E-state index is 11.2. The summed E-state index contributed by atoms with van der Waals surface area (Å²) < 4.78 is 31.6. The normalized spacial score (nSPS) is 13.8. The summed E-state index contributed by atoms with van der Waals surface area (Å²) in [7, 11) is -4.67. The Bertz CT molecular complexity index is 512. The van der Waals surface area contributed by atoms with E-state index in [1.165, 1.54) is 0 Å². The molecule has 0 atom stereocenters. The number of allylic oxidation sites excluding steroid dienone is 1. The van der Waals surface area contributed by atoms with Crippen molar-refractivity contribution in [2.75, 3.05) is 0 Å². The van der Waals surface area contributed by atoms with E-state index in [9.17, 15) is 4.79 Å². The lowest BCUT2D eigenvalue weighted by Crippen LogP contribution is -2.06. The first-order valence-electron chi connectivity index (χ1n) is 4.22. The minimum absolute atomic E-state index is 0.114. The maximum absolute atomic E-state index is 11.2. The molecule has 1 aliphatic rings. The van der Waals surface area contributed by atoms with Gasteiger partial charge in [-0.15, -0.1) is 0 Å². The SMILES string of the molecule is O=C1CC=Cc2cccnc21.O=S(=O)(O)O. The highest BCUT2D eigenvalue weighted by Crippen LogP contribution is 2.15. The fraction of sp³-hybridized carbons (Fsp3) is 0.111. The standard InChI is InChI=1S/C9H7NO.H2O4S/c11-8-5-1-3-7-4-2-6-10-9(7)8;1-5(2,3)4/h1-4,6H,5H2;(H2,1,2,3,4). The summed E-state index contributed by atoms with van der Waals surface area (Å²) in [6.07, 6.45) is 5.94. The molecule has 1 heterocycles. The highest BCUT2D eigenvalue weighted by atomic mass is 32.3. The van der Waals surface area contributed by atoms with Gasteiger partial charge in [-0.2, -0.15) is 8.42 Å². The van der Waals surface area contributed by atoms with Crippen molar-refractivity contribution in [3.8, 4) is 0 Å². The van der Waals surface area contributed by atoms with Gasteiger partial charge in [-0.05, 0) is 6.07 Å². The number of rotatable bonds is 0. The lowest BCUT2D eigenvalue weighted by Gasteiger charge is -2.05. The van der Waals surface area contributed by atoms with Crippen LogP contribution >= 0.6 is 0 Å². The molecule has 86 valence electrons.